The van der Waals surface area contributed by atoms with Gasteiger partial charge in [0.05, 0.1) is 18.8 Å². The van der Waals surface area contributed by atoms with Crippen LogP contribution in [0, 0.1) is 6.92 Å². The highest BCUT2D eigenvalue weighted by Gasteiger charge is 2.14. The van der Waals surface area contributed by atoms with E-state index in [4.69, 9.17) is 10.6 Å². The number of nitrogens with two attached hydrogens (primary N) is 1. The van der Waals surface area contributed by atoms with Gasteiger partial charge in [0.2, 0.25) is 0 Å². The maximum absolute atomic E-state index is 5.66. The van der Waals surface area contributed by atoms with Gasteiger partial charge >= 0.3 is 0 Å². The summed E-state index contributed by atoms with van der Waals surface area (Å²) >= 11 is 0. The Morgan fingerprint density at radius 1 is 1.32 bits per heavy atom. The van der Waals surface area contributed by atoms with Gasteiger partial charge in [-0.15, -0.1) is 0 Å². The van der Waals surface area contributed by atoms with E-state index in [9.17, 15) is 0 Å². The zero-order chi connectivity index (χ0) is 13.7. The lowest BCUT2D eigenvalue weighted by atomic mass is 10.0. The number of para-hydroxylation sites is 1. The molecule has 19 heavy (non-hydrogen) atoms. The fourth-order valence-corrected chi connectivity index (χ4v) is 2.09. The monoisotopic (exact) mass is 257 g/mol. The zero-order valence-electron chi connectivity index (χ0n) is 11.3. The summed E-state index contributed by atoms with van der Waals surface area (Å²) in [5.74, 6) is 6.53. The summed E-state index contributed by atoms with van der Waals surface area (Å²) in [6.45, 7) is 2.04. The predicted octanol–water partition coefficient (Wildman–Crippen LogP) is 2.15. The molecule has 1 heterocycles. The number of hydrazine groups is 1. The highest BCUT2D eigenvalue weighted by Crippen LogP contribution is 2.23. The van der Waals surface area contributed by atoms with Crippen molar-refractivity contribution in [3.63, 3.8) is 0 Å². The van der Waals surface area contributed by atoms with Crippen LogP contribution < -0.4 is 16.0 Å². The summed E-state index contributed by atoms with van der Waals surface area (Å²) < 4.78 is 5.36. The smallest absolute Gasteiger partial charge is 0.122 e. The third-order valence-corrected chi connectivity index (χ3v) is 3.11. The molecule has 0 amide bonds. The minimum Gasteiger partial charge on any atom is -0.496 e. The maximum atomic E-state index is 5.66. The minimum absolute atomic E-state index is 0.0313. The third-order valence-electron chi connectivity index (χ3n) is 3.11. The van der Waals surface area contributed by atoms with Crippen molar-refractivity contribution in [3.8, 4) is 5.75 Å². The molecule has 1 unspecified atom stereocenters. The van der Waals surface area contributed by atoms with Crippen molar-refractivity contribution >= 4 is 0 Å². The summed E-state index contributed by atoms with van der Waals surface area (Å²) in [6.07, 6.45) is 2.54. The molecule has 100 valence electrons. The van der Waals surface area contributed by atoms with E-state index in [1.54, 1.807) is 13.3 Å². The second-order valence-corrected chi connectivity index (χ2v) is 4.49. The van der Waals surface area contributed by atoms with E-state index in [1.807, 2.05) is 43.3 Å². The SMILES string of the molecule is COc1ccccc1CC(NN)c1cc(C)ccn1. The summed E-state index contributed by atoms with van der Waals surface area (Å²) in [5, 5.41) is 0. The number of benzene rings is 1. The largest absolute Gasteiger partial charge is 0.496 e. The van der Waals surface area contributed by atoms with Crippen molar-refractivity contribution < 1.29 is 4.74 Å². The van der Waals surface area contributed by atoms with Gasteiger partial charge in [-0.2, -0.15) is 0 Å². The van der Waals surface area contributed by atoms with Gasteiger partial charge in [-0.05, 0) is 42.7 Å². The van der Waals surface area contributed by atoms with Gasteiger partial charge in [-0.25, -0.2) is 0 Å². The van der Waals surface area contributed by atoms with E-state index in [2.05, 4.69) is 10.4 Å². The minimum atomic E-state index is -0.0313. The maximum Gasteiger partial charge on any atom is 0.122 e. The molecule has 0 bridgehead atoms. The summed E-state index contributed by atoms with van der Waals surface area (Å²) in [5.41, 5.74) is 6.04. The standard InChI is InChI=1S/C15H19N3O/c1-11-7-8-17-13(9-11)14(18-16)10-12-5-3-4-6-15(12)19-2/h3-9,14,18H,10,16H2,1-2H3. The zero-order valence-corrected chi connectivity index (χ0v) is 11.3. The van der Waals surface area contributed by atoms with Gasteiger partial charge in [0, 0.05) is 6.20 Å². The quantitative estimate of drug-likeness (QED) is 0.636. The highest BCUT2D eigenvalue weighted by molar-refractivity contribution is 5.34. The van der Waals surface area contributed by atoms with Gasteiger partial charge in [0.25, 0.3) is 0 Å². The average molecular weight is 257 g/mol. The van der Waals surface area contributed by atoms with E-state index < -0.39 is 0 Å². The summed E-state index contributed by atoms with van der Waals surface area (Å²) in [4.78, 5) is 4.38. The topological polar surface area (TPSA) is 60.2 Å². The second kappa shape index (κ2) is 6.31. The molecule has 0 spiro atoms. The Labute approximate surface area is 113 Å². The van der Waals surface area contributed by atoms with Crippen LogP contribution >= 0.6 is 0 Å². The number of ether oxygens (including phenoxy) is 1. The van der Waals surface area contributed by atoms with E-state index in [-0.39, 0.29) is 6.04 Å². The average Bonchev–Trinajstić information content (AvgIpc) is 2.45. The summed E-state index contributed by atoms with van der Waals surface area (Å²) in [6, 6.07) is 11.9. The Hall–Kier alpha value is -1.91. The van der Waals surface area contributed by atoms with E-state index in [0.717, 1.165) is 23.4 Å². The predicted molar refractivity (Wildman–Crippen MR) is 75.7 cm³/mol. The van der Waals surface area contributed by atoms with Crippen molar-refractivity contribution in [2.75, 3.05) is 7.11 Å². The molecular weight excluding hydrogens is 238 g/mol. The third kappa shape index (κ3) is 3.30. The molecule has 2 aromatic rings. The number of rotatable bonds is 5. The molecule has 0 aliphatic rings. The molecule has 4 nitrogen and oxygen atoms in total. The number of aryl methyl sites for hydroxylation is 1. The molecule has 3 N–H and O–H groups in total. The Morgan fingerprint density at radius 3 is 2.79 bits per heavy atom. The van der Waals surface area contributed by atoms with Crippen LogP contribution in [-0.2, 0) is 6.42 Å². The molecule has 0 aliphatic carbocycles. The molecule has 1 atom stereocenters. The molecule has 0 saturated carbocycles. The van der Waals surface area contributed by atoms with E-state index >= 15 is 0 Å². The number of nitrogens with one attached hydrogen (secondary N) is 1. The number of hydrogen-bond acceptors (Lipinski definition) is 4. The van der Waals surface area contributed by atoms with Crippen molar-refractivity contribution in [2.45, 2.75) is 19.4 Å². The number of pyridine rings is 1. The van der Waals surface area contributed by atoms with Gasteiger partial charge in [-0.1, -0.05) is 18.2 Å². The van der Waals surface area contributed by atoms with Crippen LogP contribution in [0.4, 0.5) is 0 Å². The Morgan fingerprint density at radius 2 is 2.11 bits per heavy atom. The van der Waals surface area contributed by atoms with Crippen molar-refractivity contribution in [1.82, 2.24) is 10.4 Å². The normalized spacial score (nSPS) is 12.2. The Bertz CT molecular complexity index is 542. The van der Waals surface area contributed by atoms with Crippen LogP contribution in [-0.4, -0.2) is 12.1 Å². The molecule has 0 aliphatic heterocycles. The van der Waals surface area contributed by atoms with Crippen LogP contribution in [0.1, 0.15) is 22.9 Å². The Kier molecular flexibility index (Phi) is 4.49. The van der Waals surface area contributed by atoms with Crippen LogP contribution in [0.5, 0.6) is 5.75 Å². The highest BCUT2D eigenvalue weighted by atomic mass is 16.5. The number of methoxy groups -OCH3 is 1. The van der Waals surface area contributed by atoms with Crippen LogP contribution in [0.25, 0.3) is 0 Å². The lowest BCUT2D eigenvalue weighted by molar-refractivity contribution is 0.405. The fraction of sp³-hybridized carbons (Fsp3) is 0.267. The van der Waals surface area contributed by atoms with Gasteiger partial charge < -0.3 is 4.74 Å². The van der Waals surface area contributed by atoms with Crippen molar-refractivity contribution in [2.24, 2.45) is 5.84 Å². The summed E-state index contributed by atoms with van der Waals surface area (Å²) in [7, 11) is 1.68. The van der Waals surface area contributed by atoms with Gasteiger partial charge in [0.1, 0.15) is 5.75 Å². The number of aromatic nitrogens is 1. The number of hydrogen-bond donors (Lipinski definition) is 2. The molecule has 1 aromatic carbocycles. The van der Waals surface area contributed by atoms with Gasteiger partial charge in [-0.3, -0.25) is 16.3 Å². The van der Waals surface area contributed by atoms with Crippen LogP contribution in [0.2, 0.25) is 0 Å². The van der Waals surface area contributed by atoms with Crippen molar-refractivity contribution in [1.29, 1.82) is 0 Å². The first kappa shape index (κ1) is 13.5. The second-order valence-electron chi connectivity index (χ2n) is 4.49. The van der Waals surface area contributed by atoms with E-state index in [0.29, 0.717) is 0 Å². The first-order chi connectivity index (χ1) is 9.24. The molecule has 2 rings (SSSR count). The first-order valence-electron chi connectivity index (χ1n) is 6.25. The van der Waals surface area contributed by atoms with Crippen molar-refractivity contribution in [3.05, 3.63) is 59.4 Å². The molecule has 0 saturated heterocycles. The number of nitrogens with zero attached hydrogens (tertiary/aromatic N) is 1. The van der Waals surface area contributed by atoms with E-state index in [1.165, 1.54) is 5.56 Å². The van der Waals surface area contributed by atoms with Crippen LogP contribution in [0.3, 0.4) is 0 Å². The molecule has 1 aromatic heterocycles. The lowest BCUT2D eigenvalue weighted by Gasteiger charge is -2.17. The molecule has 4 heteroatoms. The fourth-order valence-electron chi connectivity index (χ4n) is 2.09. The lowest BCUT2D eigenvalue weighted by Crippen LogP contribution is -2.30. The molecular formula is C15H19N3O. The molecule has 0 radical (unpaired) electrons. The molecule has 0 fully saturated rings. The first-order valence-corrected chi connectivity index (χ1v) is 6.25. The van der Waals surface area contributed by atoms with Gasteiger partial charge in [0.15, 0.2) is 0 Å². The van der Waals surface area contributed by atoms with Crippen LogP contribution in [0.15, 0.2) is 42.6 Å². The Balaban J connectivity index is 2.24.